The fraction of sp³-hybridized carbons (Fsp3) is 0.571. The monoisotopic (exact) mass is 235 g/mol. The summed E-state index contributed by atoms with van der Waals surface area (Å²) in [5.74, 6) is 0.879. The fourth-order valence-corrected chi connectivity index (χ4v) is 2.63. The molecule has 3 heteroatoms. The number of aliphatic hydroxyl groups is 1. The maximum absolute atomic E-state index is 9.76. The van der Waals surface area contributed by atoms with Gasteiger partial charge in [-0.15, -0.1) is 0 Å². The van der Waals surface area contributed by atoms with Crippen molar-refractivity contribution in [3.8, 4) is 5.75 Å². The van der Waals surface area contributed by atoms with E-state index in [1.807, 2.05) is 12.1 Å². The highest BCUT2D eigenvalue weighted by Gasteiger charge is 2.34. The molecule has 1 saturated heterocycles. The topological polar surface area (TPSA) is 32.7 Å². The first-order valence-corrected chi connectivity index (χ1v) is 6.13. The molecule has 0 bridgehead atoms. The zero-order chi connectivity index (χ0) is 12.5. The lowest BCUT2D eigenvalue weighted by molar-refractivity contribution is 0.107. The van der Waals surface area contributed by atoms with Gasteiger partial charge in [0, 0.05) is 23.8 Å². The van der Waals surface area contributed by atoms with Crippen LogP contribution in [0.4, 0.5) is 5.69 Å². The number of hydrogen-bond donors (Lipinski definition) is 1. The summed E-state index contributed by atoms with van der Waals surface area (Å²) < 4.78 is 5.26. The first kappa shape index (κ1) is 12.2. The van der Waals surface area contributed by atoms with Crippen molar-refractivity contribution in [2.45, 2.75) is 38.3 Å². The van der Waals surface area contributed by atoms with E-state index in [0.717, 1.165) is 25.1 Å². The van der Waals surface area contributed by atoms with Gasteiger partial charge < -0.3 is 14.7 Å². The van der Waals surface area contributed by atoms with E-state index >= 15 is 0 Å². The Bertz CT molecular complexity index is 390. The summed E-state index contributed by atoms with van der Waals surface area (Å²) in [4.78, 5) is 2.35. The molecule has 0 aliphatic carbocycles. The minimum absolute atomic E-state index is 0.00989. The van der Waals surface area contributed by atoms with Gasteiger partial charge in [-0.1, -0.05) is 6.07 Å². The average Bonchev–Trinajstić information content (AvgIpc) is 2.27. The summed E-state index contributed by atoms with van der Waals surface area (Å²) in [7, 11) is 1.68. The molecule has 17 heavy (non-hydrogen) atoms. The van der Waals surface area contributed by atoms with Crippen molar-refractivity contribution in [1.29, 1.82) is 0 Å². The van der Waals surface area contributed by atoms with Crippen LogP contribution < -0.4 is 9.64 Å². The molecule has 1 aliphatic heterocycles. The Hall–Kier alpha value is -1.22. The number of ether oxygens (including phenoxy) is 1. The number of nitrogens with zero attached hydrogens (tertiary/aromatic N) is 1. The lowest BCUT2D eigenvalue weighted by Crippen LogP contribution is -2.51. The van der Waals surface area contributed by atoms with Crippen LogP contribution in [0.3, 0.4) is 0 Å². The van der Waals surface area contributed by atoms with Gasteiger partial charge in [-0.25, -0.2) is 0 Å². The second kappa shape index (κ2) is 4.57. The Labute approximate surface area is 103 Å². The minimum atomic E-state index is -0.174. The van der Waals surface area contributed by atoms with Crippen molar-refractivity contribution in [3.63, 3.8) is 0 Å². The SMILES string of the molecule is COc1cccc(N2CCC(O)CC2(C)C)c1. The molecule has 0 radical (unpaired) electrons. The average molecular weight is 235 g/mol. The maximum Gasteiger partial charge on any atom is 0.120 e. The summed E-state index contributed by atoms with van der Waals surface area (Å²) >= 11 is 0. The van der Waals surface area contributed by atoms with Crippen LogP contribution in [0.25, 0.3) is 0 Å². The molecule has 0 amide bonds. The van der Waals surface area contributed by atoms with Gasteiger partial charge in [-0.2, -0.15) is 0 Å². The Kier molecular flexibility index (Phi) is 3.29. The number of aliphatic hydroxyl groups excluding tert-OH is 1. The third kappa shape index (κ3) is 2.55. The highest BCUT2D eigenvalue weighted by atomic mass is 16.5. The van der Waals surface area contributed by atoms with E-state index in [0.29, 0.717) is 0 Å². The Morgan fingerprint density at radius 2 is 2.18 bits per heavy atom. The zero-order valence-electron chi connectivity index (χ0n) is 10.8. The van der Waals surface area contributed by atoms with Crippen LogP contribution in [0.1, 0.15) is 26.7 Å². The third-order valence-corrected chi connectivity index (χ3v) is 3.52. The molecule has 0 saturated carbocycles. The maximum atomic E-state index is 9.76. The number of hydrogen-bond acceptors (Lipinski definition) is 3. The largest absolute Gasteiger partial charge is 0.497 e. The number of benzene rings is 1. The lowest BCUT2D eigenvalue weighted by atomic mass is 9.88. The van der Waals surface area contributed by atoms with E-state index in [9.17, 15) is 5.11 Å². The van der Waals surface area contributed by atoms with Crippen LogP contribution in [0, 0.1) is 0 Å². The third-order valence-electron chi connectivity index (χ3n) is 3.52. The minimum Gasteiger partial charge on any atom is -0.497 e. The second-order valence-electron chi connectivity index (χ2n) is 5.31. The fourth-order valence-electron chi connectivity index (χ4n) is 2.63. The summed E-state index contributed by atoms with van der Waals surface area (Å²) in [6, 6.07) is 8.12. The number of rotatable bonds is 2. The molecule has 1 atom stereocenters. The summed E-state index contributed by atoms with van der Waals surface area (Å²) in [6.07, 6.45) is 1.47. The van der Waals surface area contributed by atoms with Gasteiger partial charge in [0.15, 0.2) is 0 Å². The molecule has 0 aromatic heterocycles. The lowest BCUT2D eigenvalue weighted by Gasteiger charge is -2.46. The van der Waals surface area contributed by atoms with Gasteiger partial charge in [-0.05, 0) is 38.8 Å². The molecule has 1 unspecified atom stereocenters. The van der Waals surface area contributed by atoms with Gasteiger partial charge in [0.05, 0.1) is 13.2 Å². The molecule has 0 spiro atoms. The first-order valence-electron chi connectivity index (χ1n) is 6.13. The van der Waals surface area contributed by atoms with Crippen molar-refractivity contribution in [2.75, 3.05) is 18.6 Å². The molecule has 1 fully saturated rings. The first-order chi connectivity index (χ1) is 8.03. The van der Waals surface area contributed by atoms with Crippen LogP contribution in [-0.2, 0) is 0 Å². The van der Waals surface area contributed by atoms with Crippen LogP contribution in [-0.4, -0.2) is 30.4 Å². The predicted molar refractivity (Wildman–Crippen MR) is 69.7 cm³/mol. The van der Waals surface area contributed by atoms with Crippen LogP contribution in [0.5, 0.6) is 5.75 Å². The number of anilines is 1. The molecule has 1 heterocycles. The molecular weight excluding hydrogens is 214 g/mol. The molecule has 1 N–H and O–H groups in total. The van der Waals surface area contributed by atoms with Gasteiger partial charge >= 0.3 is 0 Å². The van der Waals surface area contributed by atoms with Crippen molar-refractivity contribution in [3.05, 3.63) is 24.3 Å². The summed E-state index contributed by atoms with van der Waals surface area (Å²) in [5.41, 5.74) is 1.16. The van der Waals surface area contributed by atoms with Crippen LogP contribution in [0.2, 0.25) is 0 Å². The van der Waals surface area contributed by atoms with E-state index in [1.54, 1.807) is 7.11 Å². The normalized spacial score (nSPS) is 23.5. The molecule has 1 aliphatic rings. The zero-order valence-corrected chi connectivity index (χ0v) is 10.8. The van der Waals surface area contributed by atoms with Gasteiger partial charge in [0.25, 0.3) is 0 Å². The van der Waals surface area contributed by atoms with E-state index in [4.69, 9.17) is 4.74 Å². The summed E-state index contributed by atoms with van der Waals surface area (Å²) in [5, 5.41) is 9.76. The van der Waals surface area contributed by atoms with Gasteiger partial charge in [-0.3, -0.25) is 0 Å². The molecule has 94 valence electrons. The van der Waals surface area contributed by atoms with Gasteiger partial charge in [0.1, 0.15) is 5.75 Å². The molecule has 1 aromatic carbocycles. The van der Waals surface area contributed by atoms with Gasteiger partial charge in [0.2, 0.25) is 0 Å². The number of piperidine rings is 1. The van der Waals surface area contributed by atoms with E-state index in [-0.39, 0.29) is 11.6 Å². The van der Waals surface area contributed by atoms with E-state index in [1.165, 1.54) is 5.69 Å². The van der Waals surface area contributed by atoms with Crippen molar-refractivity contribution in [1.82, 2.24) is 0 Å². The van der Waals surface area contributed by atoms with Crippen LogP contribution >= 0.6 is 0 Å². The Morgan fingerprint density at radius 1 is 1.41 bits per heavy atom. The molecule has 3 nitrogen and oxygen atoms in total. The Balaban J connectivity index is 2.26. The molecule has 1 aromatic rings. The predicted octanol–water partition coefficient (Wildman–Crippen LogP) is 2.43. The second-order valence-corrected chi connectivity index (χ2v) is 5.31. The van der Waals surface area contributed by atoms with Crippen molar-refractivity contribution < 1.29 is 9.84 Å². The van der Waals surface area contributed by atoms with E-state index < -0.39 is 0 Å². The van der Waals surface area contributed by atoms with Crippen LogP contribution in [0.15, 0.2) is 24.3 Å². The van der Waals surface area contributed by atoms with E-state index in [2.05, 4.69) is 30.9 Å². The van der Waals surface area contributed by atoms with Crippen molar-refractivity contribution >= 4 is 5.69 Å². The smallest absolute Gasteiger partial charge is 0.120 e. The van der Waals surface area contributed by atoms with Crippen molar-refractivity contribution in [2.24, 2.45) is 0 Å². The quantitative estimate of drug-likeness (QED) is 0.854. The highest BCUT2D eigenvalue weighted by molar-refractivity contribution is 5.53. The highest BCUT2D eigenvalue weighted by Crippen LogP contribution is 2.33. The number of methoxy groups -OCH3 is 1. The molecule has 2 rings (SSSR count). The summed E-state index contributed by atoms with van der Waals surface area (Å²) in [6.45, 7) is 5.24. The standard InChI is InChI=1S/C14H21NO2/c1-14(2)10-12(16)7-8-15(14)11-5-4-6-13(9-11)17-3/h4-6,9,12,16H,7-8,10H2,1-3H3. The molecular formula is C14H21NO2. The Morgan fingerprint density at radius 3 is 2.82 bits per heavy atom.